The number of nitrogens with zero attached hydrogens (tertiary/aromatic N) is 3. The Balaban J connectivity index is 2.26. The fraction of sp³-hybridized carbons (Fsp3) is 0.600. The lowest BCUT2D eigenvalue weighted by Crippen LogP contribution is -2.43. The average molecular weight is 384 g/mol. The van der Waals surface area contributed by atoms with E-state index < -0.39 is 28.9 Å². The number of carbonyl (C=O) groups is 3. The highest BCUT2D eigenvalue weighted by atomic mass is 32.1. The van der Waals surface area contributed by atoms with Gasteiger partial charge in [-0.25, -0.2) is 9.59 Å². The highest BCUT2D eigenvalue weighted by molar-refractivity contribution is 7.10. The summed E-state index contributed by atoms with van der Waals surface area (Å²) in [5.74, 6) is -2.22. The molecule has 2 N–H and O–H groups in total. The van der Waals surface area contributed by atoms with Crippen molar-refractivity contribution in [1.29, 1.82) is 0 Å². The lowest BCUT2D eigenvalue weighted by atomic mass is 10.0. The van der Waals surface area contributed by atoms with Gasteiger partial charge in [0, 0.05) is 24.4 Å². The fourth-order valence-electron chi connectivity index (χ4n) is 2.39. The third-order valence-electron chi connectivity index (χ3n) is 3.52. The Bertz CT molecular complexity index is 718. The SMILES string of the molecule is CC(C)(C)OC(=O)C1(ON=C(C(=O)O)c2nsc(NC=O)n2)CCCC1. The Morgan fingerprint density at radius 3 is 2.54 bits per heavy atom. The molecule has 0 unspecified atom stereocenters. The zero-order chi connectivity index (χ0) is 19.4. The summed E-state index contributed by atoms with van der Waals surface area (Å²) in [4.78, 5) is 43.7. The van der Waals surface area contributed by atoms with Crippen molar-refractivity contribution in [1.82, 2.24) is 9.36 Å². The lowest BCUT2D eigenvalue weighted by molar-refractivity contribution is -0.183. The molecular weight excluding hydrogens is 364 g/mol. The number of aliphatic carboxylic acids is 1. The van der Waals surface area contributed by atoms with Crippen LogP contribution in [0.4, 0.5) is 5.13 Å². The van der Waals surface area contributed by atoms with Gasteiger partial charge in [-0.2, -0.15) is 9.36 Å². The predicted octanol–water partition coefficient (Wildman–Crippen LogP) is 1.57. The Hall–Kier alpha value is -2.56. The maximum atomic E-state index is 12.5. The molecule has 1 fully saturated rings. The van der Waals surface area contributed by atoms with Crippen LogP contribution < -0.4 is 5.32 Å². The van der Waals surface area contributed by atoms with E-state index in [1.54, 1.807) is 20.8 Å². The molecular formula is C15H20N4O6S. The molecule has 0 spiro atoms. The van der Waals surface area contributed by atoms with E-state index in [-0.39, 0.29) is 11.0 Å². The van der Waals surface area contributed by atoms with Crippen molar-refractivity contribution in [2.75, 3.05) is 5.32 Å². The minimum absolute atomic E-state index is 0.117. The number of hydrogen-bond donors (Lipinski definition) is 2. The summed E-state index contributed by atoms with van der Waals surface area (Å²) in [6.07, 6.45) is 2.62. The van der Waals surface area contributed by atoms with Gasteiger partial charge in [-0.05, 0) is 33.6 Å². The number of rotatable bonds is 7. The summed E-state index contributed by atoms with van der Waals surface area (Å²) in [5, 5.41) is 15.4. The standard InChI is InChI=1S/C15H20N4O6S/c1-14(2,3)24-12(23)15(6-4-5-7-15)25-18-9(11(21)22)10-17-13(16-8-20)26-19-10/h8H,4-7H2,1-3H3,(H,21,22)(H,16,17,19,20). The monoisotopic (exact) mass is 384 g/mol. The maximum Gasteiger partial charge on any atom is 0.362 e. The van der Waals surface area contributed by atoms with Crippen molar-refractivity contribution in [2.45, 2.75) is 57.7 Å². The van der Waals surface area contributed by atoms with Gasteiger partial charge in [-0.3, -0.25) is 4.79 Å². The van der Waals surface area contributed by atoms with Gasteiger partial charge >= 0.3 is 11.9 Å². The first kappa shape index (κ1) is 19.8. The van der Waals surface area contributed by atoms with E-state index in [1.807, 2.05) is 0 Å². The molecule has 0 aromatic carbocycles. The molecule has 1 aliphatic carbocycles. The Kier molecular flexibility index (Phi) is 5.90. The molecule has 11 heteroatoms. The summed E-state index contributed by atoms with van der Waals surface area (Å²) in [6, 6.07) is 0. The van der Waals surface area contributed by atoms with Crippen LogP contribution in [0.25, 0.3) is 0 Å². The van der Waals surface area contributed by atoms with E-state index >= 15 is 0 Å². The van der Waals surface area contributed by atoms with Gasteiger partial charge < -0.3 is 20.0 Å². The van der Waals surface area contributed by atoms with E-state index in [2.05, 4.69) is 19.8 Å². The highest BCUT2D eigenvalue weighted by Crippen LogP contribution is 2.36. The molecule has 1 heterocycles. The summed E-state index contributed by atoms with van der Waals surface area (Å²) in [7, 11) is 0. The van der Waals surface area contributed by atoms with Crippen LogP contribution in [0.1, 0.15) is 52.3 Å². The van der Waals surface area contributed by atoms with Crippen LogP contribution in [-0.4, -0.2) is 49.7 Å². The third kappa shape index (κ3) is 4.75. The number of amides is 1. The number of carbonyl (C=O) groups excluding carboxylic acids is 2. The topological polar surface area (TPSA) is 140 Å². The zero-order valence-electron chi connectivity index (χ0n) is 14.6. The number of aromatic nitrogens is 2. The Labute approximate surface area is 153 Å². The summed E-state index contributed by atoms with van der Waals surface area (Å²) in [5.41, 5.74) is -2.59. The van der Waals surface area contributed by atoms with Crippen LogP contribution in [0, 0.1) is 0 Å². The van der Waals surface area contributed by atoms with Gasteiger partial charge in [-0.15, -0.1) is 0 Å². The summed E-state index contributed by atoms with van der Waals surface area (Å²) < 4.78 is 9.23. The van der Waals surface area contributed by atoms with Gasteiger partial charge in [0.05, 0.1) is 0 Å². The molecule has 1 saturated carbocycles. The first-order valence-electron chi connectivity index (χ1n) is 7.94. The first-order chi connectivity index (χ1) is 12.2. The molecule has 1 aromatic heterocycles. The molecule has 10 nitrogen and oxygen atoms in total. The van der Waals surface area contributed by atoms with E-state index in [0.717, 1.165) is 24.4 Å². The van der Waals surface area contributed by atoms with Gasteiger partial charge in [-0.1, -0.05) is 5.16 Å². The number of esters is 1. The average Bonchev–Trinajstić information content (AvgIpc) is 3.16. The maximum absolute atomic E-state index is 12.5. The number of anilines is 1. The van der Waals surface area contributed by atoms with Crippen molar-refractivity contribution in [3.05, 3.63) is 5.82 Å². The molecule has 1 amide bonds. The first-order valence-corrected chi connectivity index (χ1v) is 8.71. The number of hydrogen-bond acceptors (Lipinski definition) is 9. The molecule has 1 aliphatic rings. The normalized spacial score (nSPS) is 16.8. The van der Waals surface area contributed by atoms with Crippen LogP contribution >= 0.6 is 11.5 Å². The van der Waals surface area contributed by atoms with E-state index in [1.165, 1.54) is 0 Å². The van der Waals surface area contributed by atoms with Gasteiger partial charge in [0.25, 0.3) is 0 Å². The van der Waals surface area contributed by atoms with Crippen molar-refractivity contribution in [2.24, 2.45) is 5.16 Å². The number of carboxylic acids is 1. The molecule has 0 atom stereocenters. The minimum atomic E-state index is -1.42. The minimum Gasteiger partial charge on any atom is -0.476 e. The molecule has 26 heavy (non-hydrogen) atoms. The quantitative estimate of drug-likeness (QED) is 0.312. The number of ether oxygens (including phenoxy) is 1. The van der Waals surface area contributed by atoms with Crippen molar-refractivity contribution >= 4 is 40.7 Å². The molecule has 1 aromatic rings. The highest BCUT2D eigenvalue weighted by Gasteiger charge is 2.47. The molecule has 0 aliphatic heterocycles. The smallest absolute Gasteiger partial charge is 0.362 e. The largest absolute Gasteiger partial charge is 0.476 e. The van der Waals surface area contributed by atoms with Gasteiger partial charge in [0.15, 0.2) is 0 Å². The number of oxime groups is 1. The fourth-order valence-corrected chi connectivity index (χ4v) is 2.92. The third-order valence-corrected chi connectivity index (χ3v) is 4.16. The number of nitrogens with one attached hydrogen (secondary N) is 1. The van der Waals surface area contributed by atoms with Crippen molar-refractivity contribution < 1.29 is 29.1 Å². The molecule has 0 bridgehead atoms. The second kappa shape index (κ2) is 7.77. The number of carboxylic acid groups (broad SMARTS) is 1. The van der Waals surface area contributed by atoms with E-state index in [0.29, 0.717) is 19.3 Å². The van der Waals surface area contributed by atoms with Crippen LogP contribution in [0.15, 0.2) is 5.16 Å². The lowest BCUT2D eigenvalue weighted by Gasteiger charge is -2.29. The molecule has 0 radical (unpaired) electrons. The van der Waals surface area contributed by atoms with Crippen LogP contribution in [0.3, 0.4) is 0 Å². The summed E-state index contributed by atoms with van der Waals surface area (Å²) in [6.45, 7) is 5.21. The van der Waals surface area contributed by atoms with Crippen LogP contribution in [0.5, 0.6) is 0 Å². The second-order valence-corrected chi connectivity index (χ2v) is 7.48. The molecule has 2 rings (SSSR count). The molecule has 0 saturated heterocycles. The van der Waals surface area contributed by atoms with Crippen molar-refractivity contribution in [3.63, 3.8) is 0 Å². The summed E-state index contributed by atoms with van der Waals surface area (Å²) >= 11 is 0.796. The van der Waals surface area contributed by atoms with Crippen LogP contribution in [0.2, 0.25) is 0 Å². The predicted molar refractivity (Wildman–Crippen MR) is 91.9 cm³/mol. The van der Waals surface area contributed by atoms with Gasteiger partial charge in [0.1, 0.15) is 5.60 Å². The van der Waals surface area contributed by atoms with Crippen LogP contribution in [-0.2, 0) is 24.0 Å². The van der Waals surface area contributed by atoms with Crippen molar-refractivity contribution in [3.8, 4) is 0 Å². The Morgan fingerprint density at radius 1 is 1.35 bits per heavy atom. The van der Waals surface area contributed by atoms with Gasteiger partial charge in [0.2, 0.25) is 28.7 Å². The van der Waals surface area contributed by atoms with E-state index in [9.17, 15) is 19.5 Å². The molecule has 142 valence electrons. The second-order valence-electron chi connectivity index (χ2n) is 6.72. The zero-order valence-corrected chi connectivity index (χ0v) is 15.5. The van der Waals surface area contributed by atoms with E-state index in [4.69, 9.17) is 9.57 Å². The Morgan fingerprint density at radius 2 is 2.00 bits per heavy atom.